The van der Waals surface area contributed by atoms with E-state index < -0.39 is 19.3 Å². The van der Waals surface area contributed by atoms with Crippen molar-refractivity contribution < 1.29 is 33.3 Å². The summed E-state index contributed by atoms with van der Waals surface area (Å²) in [6, 6.07) is 0. The molecular formula is C12H21O7P. The molecular weight excluding hydrogens is 287 g/mol. The quantitative estimate of drug-likeness (QED) is 0.278. The van der Waals surface area contributed by atoms with Crippen LogP contribution in [0.15, 0.2) is 12.2 Å². The van der Waals surface area contributed by atoms with Crippen LogP contribution in [0.1, 0.15) is 13.3 Å². The fourth-order valence-corrected chi connectivity index (χ4v) is 1.60. The Morgan fingerprint density at radius 1 is 1.15 bits per heavy atom. The summed E-state index contributed by atoms with van der Waals surface area (Å²) in [5.41, 5.74) is 0.316. The first-order valence-corrected chi connectivity index (χ1v) is 8.37. The molecule has 1 N–H and O–H groups in total. The van der Waals surface area contributed by atoms with Gasteiger partial charge in [-0.2, -0.15) is 0 Å². The van der Waals surface area contributed by atoms with Gasteiger partial charge in [-0.05, 0) is 6.92 Å². The van der Waals surface area contributed by atoms with Crippen molar-refractivity contribution in [2.75, 3.05) is 39.3 Å². The summed E-state index contributed by atoms with van der Waals surface area (Å²) in [5, 5.41) is 0. The molecule has 0 spiro atoms. The Balaban J connectivity index is 3.44. The highest BCUT2D eigenvalue weighted by atomic mass is 31.2. The first-order chi connectivity index (χ1) is 9.22. The molecule has 0 aromatic heterocycles. The van der Waals surface area contributed by atoms with E-state index in [1.54, 1.807) is 6.92 Å². The largest absolute Gasteiger partial charge is 0.463 e. The van der Waals surface area contributed by atoms with Crippen molar-refractivity contribution in [3.05, 3.63) is 12.2 Å². The Kier molecular flexibility index (Phi) is 9.12. The van der Waals surface area contributed by atoms with Crippen LogP contribution in [-0.4, -0.2) is 56.1 Å². The number of carbonyl (C=O) groups is 2. The average molecular weight is 308 g/mol. The molecule has 1 atom stereocenters. The van der Waals surface area contributed by atoms with Crippen molar-refractivity contribution in [1.29, 1.82) is 0 Å². The minimum Gasteiger partial charge on any atom is -0.463 e. The van der Waals surface area contributed by atoms with Crippen molar-refractivity contribution >= 4 is 19.3 Å². The topological polar surface area (TPSA) is 99.1 Å². The van der Waals surface area contributed by atoms with Crippen molar-refractivity contribution in [3.8, 4) is 0 Å². The van der Waals surface area contributed by atoms with E-state index in [0.29, 0.717) is 5.57 Å². The van der Waals surface area contributed by atoms with Gasteiger partial charge < -0.3 is 19.1 Å². The van der Waals surface area contributed by atoms with Crippen molar-refractivity contribution in [1.82, 2.24) is 0 Å². The van der Waals surface area contributed by atoms with Crippen LogP contribution in [0, 0.1) is 0 Å². The van der Waals surface area contributed by atoms with Crippen LogP contribution in [0.25, 0.3) is 0 Å². The molecule has 0 aliphatic rings. The maximum atomic E-state index is 11.2. The van der Waals surface area contributed by atoms with E-state index >= 15 is 0 Å². The molecule has 0 bridgehead atoms. The molecule has 0 heterocycles. The lowest BCUT2D eigenvalue weighted by Crippen LogP contribution is -2.15. The minimum atomic E-state index is -3.18. The number of ether oxygens (including phenoxy) is 3. The maximum absolute atomic E-state index is 11.2. The van der Waals surface area contributed by atoms with Crippen LogP contribution in [-0.2, 0) is 28.4 Å². The summed E-state index contributed by atoms with van der Waals surface area (Å²) < 4.78 is 25.6. The molecule has 20 heavy (non-hydrogen) atoms. The Bertz CT molecular complexity index is 385. The molecule has 7 nitrogen and oxygen atoms in total. The van der Waals surface area contributed by atoms with Crippen molar-refractivity contribution in [2.45, 2.75) is 13.3 Å². The van der Waals surface area contributed by atoms with Crippen molar-refractivity contribution in [2.24, 2.45) is 0 Å². The van der Waals surface area contributed by atoms with Gasteiger partial charge in [-0.25, -0.2) is 4.79 Å². The lowest BCUT2D eigenvalue weighted by atomic mass is 10.4. The number of hydrogen-bond acceptors (Lipinski definition) is 6. The zero-order chi connectivity index (χ0) is 15.6. The summed E-state index contributed by atoms with van der Waals surface area (Å²) in [6.45, 7) is 6.67. The van der Waals surface area contributed by atoms with Gasteiger partial charge in [0.05, 0.1) is 19.6 Å². The minimum absolute atomic E-state index is 0.0483. The van der Waals surface area contributed by atoms with Crippen LogP contribution in [0.2, 0.25) is 0 Å². The van der Waals surface area contributed by atoms with Gasteiger partial charge in [0, 0.05) is 18.4 Å². The first kappa shape index (κ1) is 18.8. The molecule has 0 rings (SSSR count). The van der Waals surface area contributed by atoms with Crippen LogP contribution >= 0.6 is 7.37 Å². The molecule has 0 radical (unpaired) electrons. The number of carbonyl (C=O) groups excluding carboxylic acids is 2. The second-order valence-electron chi connectivity index (χ2n) is 4.27. The zero-order valence-electron chi connectivity index (χ0n) is 11.8. The molecule has 0 amide bonds. The lowest BCUT2D eigenvalue weighted by molar-refractivity contribution is -0.145. The molecule has 0 saturated heterocycles. The Hall–Kier alpha value is -1.17. The van der Waals surface area contributed by atoms with E-state index in [4.69, 9.17) is 19.1 Å². The lowest BCUT2D eigenvalue weighted by Gasteiger charge is -2.08. The van der Waals surface area contributed by atoms with Gasteiger partial charge in [0.1, 0.15) is 13.2 Å². The SMILES string of the molecule is C=C(C)C(=O)OCCOCCOC(=O)CCP(C)(=O)O. The highest BCUT2D eigenvalue weighted by Crippen LogP contribution is 2.35. The van der Waals surface area contributed by atoms with Gasteiger partial charge in [0.15, 0.2) is 7.37 Å². The molecule has 0 saturated carbocycles. The predicted molar refractivity (Wildman–Crippen MR) is 72.8 cm³/mol. The summed E-state index contributed by atoms with van der Waals surface area (Å²) >= 11 is 0. The van der Waals surface area contributed by atoms with Gasteiger partial charge in [0.25, 0.3) is 0 Å². The third-order valence-corrected chi connectivity index (χ3v) is 3.08. The molecule has 0 aliphatic heterocycles. The van der Waals surface area contributed by atoms with E-state index in [9.17, 15) is 14.2 Å². The Morgan fingerprint density at radius 3 is 2.20 bits per heavy atom. The van der Waals surface area contributed by atoms with E-state index in [1.807, 2.05) is 0 Å². The molecule has 0 aromatic rings. The van der Waals surface area contributed by atoms with Crippen LogP contribution in [0.5, 0.6) is 0 Å². The second-order valence-corrected chi connectivity index (χ2v) is 6.82. The number of rotatable bonds is 10. The summed E-state index contributed by atoms with van der Waals surface area (Å²) in [7, 11) is -3.18. The molecule has 0 fully saturated rings. The normalized spacial score (nSPS) is 13.3. The van der Waals surface area contributed by atoms with Gasteiger partial charge in [0.2, 0.25) is 0 Å². The summed E-state index contributed by atoms with van der Waals surface area (Å²) in [5.74, 6) is -1.02. The molecule has 0 aliphatic carbocycles. The van der Waals surface area contributed by atoms with Crippen molar-refractivity contribution in [3.63, 3.8) is 0 Å². The molecule has 0 aromatic carbocycles. The molecule has 1 unspecified atom stereocenters. The summed E-state index contributed by atoms with van der Waals surface area (Å²) in [6.07, 6.45) is -0.190. The van der Waals surface area contributed by atoms with Gasteiger partial charge in [-0.3, -0.25) is 9.36 Å². The summed E-state index contributed by atoms with van der Waals surface area (Å²) in [4.78, 5) is 31.1. The standard InChI is InChI=1S/C12H21O7P/c1-10(2)12(14)19-8-6-17-5-7-18-11(13)4-9-20(3,15)16/h1,4-9H2,2-3H3,(H,15,16). The van der Waals surface area contributed by atoms with Crippen LogP contribution in [0.3, 0.4) is 0 Å². The number of esters is 2. The highest BCUT2D eigenvalue weighted by Gasteiger charge is 2.13. The van der Waals surface area contributed by atoms with Gasteiger partial charge in [-0.1, -0.05) is 6.58 Å². The van der Waals surface area contributed by atoms with Crippen LogP contribution in [0.4, 0.5) is 0 Å². The fraction of sp³-hybridized carbons (Fsp3) is 0.667. The Morgan fingerprint density at radius 2 is 1.70 bits per heavy atom. The third-order valence-electron chi connectivity index (χ3n) is 2.03. The first-order valence-electron chi connectivity index (χ1n) is 6.07. The van der Waals surface area contributed by atoms with Gasteiger partial charge >= 0.3 is 11.9 Å². The third kappa shape index (κ3) is 11.9. The van der Waals surface area contributed by atoms with E-state index in [2.05, 4.69) is 6.58 Å². The number of hydrogen-bond donors (Lipinski definition) is 1. The predicted octanol–water partition coefficient (Wildman–Crippen LogP) is 0.956. The molecule has 116 valence electrons. The second kappa shape index (κ2) is 9.69. The average Bonchev–Trinajstić information content (AvgIpc) is 2.33. The van der Waals surface area contributed by atoms with E-state index in [-0.39, 0.29) is 39.0 Å². The molecule has 8 heteroatoms. The van der Waals surface area contributed by atoms with Gasteiger partial charge in [-0.15, -0.1) is 0 Å². The highest BCUT2D eigenvalue weighted by molar-refractivity contribution is 7.57. The monoisotopic (exact) mass is 308 g/mol. The fourth-order valence-electron chi connectivity index (χ4n) is 1.00. The maximum Gasteiger partial charge on any atom is 0.333 e. The Labute approximate surface area is 118 Å². The van der Waals surface area contributed by atoms with E-state index in [1.165, 1.54) is 6.66 Å². The van der Waals surface area contributed by atoms with E-state index in [0.717, 1.165) is 0 Å². The smallest absolute Gasteiger partial charge is 0.333 e. The van der Waals surface area contributed by atoms with Crippen LogP contribution < -0.4 is 0 Å². The zero-order valence-corrected chi connectivity index (χ0v) is 12.7.